The average molecular weight is 559 g/mol. The fourth-order valence-electron chi connectivity index (χ4n) is 5.51. The van der Waals surface area contributed by atoms with Gasteiger partial charge in [-0.05, 0) is 18.2 Å². The number of hydrogen-bond acceptors (Lipinski definition) is 7. The monoisotopic (exact) mass is 558 g/mol. The number of nitrogens with one attached hydrogen (secondary N) is 1. The van der Waals surface area contributed by atoms with Crippen LogP contribution in [-0.2, 0) is 22.6 Å². The van der Waals surface area contributed by atoms with Crippen LogP contribution in [0.5, 0.6) is 0 Å². The second-order valence-electron chi connectivity index (χ2n) is 9.26. The fourth-order valence-corrected chi connectivity index (χ4v) is 8.67. The summed E-state index contributed by atoms with van der Waals surface area (Å²) in [5.41, 5.74) is -2.55. The molecule has 3 aliphatic heterocycles. The van der Waals surface area contributed by atoms with Crippen LogP contribution >= 0.6 is 11.8 Å². The molecule has 2 fully saturated rings. The minimum absolute atomic E-state index is 0.0229. The maximum atomic E-state index is 14.8. The normalized spacial score (nSPS) is 22.9. The summed E-state index contributed by atoms with van der Waals surface area (Å²) in [6.45, 7) is 0.773. The zero-order valence-electron chi connectivity index (χ0n) is 19.0. The number of sulfone groups is 1. The van der Waals surface area contributed by atoms with Crippen molar-refractivity contribution in [2.75, 3.05) is 35.2 Å². The van der Waals surface area contributed by atoms with Crippen LogP contribution in [0.2, 0.25) is 0 Å². The fraction of sp³-hybridized carbons (Fsp3) is 0.391. The highest BCUT2D eigenvalue weighted by atomic mass is 32.2. The Balaban J connectivity index is 1.68. The van der Waals surface area contributed by atoms with Crippen LogP contribution in [0.25, 0.3) is 22.0 Å². The number of nitrogens with zero attached hydrogens (tertiary/aromatic N) is 3. The molecule has 1 aromatic heterocycles. The third-order valence-corrected chi connectivity index (χ3v) is 9.81. The van der Waals surface area contributed by atoms with Gasteiger partial charge in [-0.1, -0.05) is 0 Å². The molecule has 6 rings (SSSR count). The molecule has 7 nitrogen and oxygen atoms in total. The number of rotatable bonds is 2. The topological polar surface area (TPSA) is 84.3 Å². The number of aryl methyl sites for hydroxylation is 1. The lowest BCUT2D eigenvalue weighted by molar-refractivity contribution is -0.137. The van der Waals surface area contributed by atoms with Crippen LogP contribution in [0.1, 0.15) is 5.56 Å². The predicted octanol–water partition coefficient (Wildman–Crippen LogP) is 3.04. The van der Waals surface area contributed by atoms with E-state index in [1.165, 1.54) is 4.57 Å². The van der Waals surface area contributed by atoms with Crippen molar-refractivity contribution in [2.45, 2.75) is 29.7 Å². The Labute approximate surface area is 211 Å². The van der Waals surface area contributed by atoms with Crippen LogP contribution in [0.15, 0.2) is 34.0 Å². The smallest absolute Gasteiger partial charge is 0.349 e. The maximum Gasteiger partial charge on any atom is 0.417 e. The minimum atomic E-state index is -4.92. The molecule has 14 heteroatoms. The minimum Gasteiger partial charge on any atom is -0.349 e. The number of anilines is 1. The van der Waals surface area contributed by atoms with Crippen molar-refractivity contribution in [3.8, 4) is 11.1 Å². The number of halogens is 5. The van der Waals surface area contributed by atoms with Crippen LogP contribution in [0.3, 0.4) is 0 Å². The van der Waals surface area contributed by atoms with E-state index in [9.17, 15) is 35.2 Å². The molecule has 0 spiro atoms. The Bertz CT molecular complexity index is 1620. The number of piperazine rings is 1. The van der Waals surface area contributed by atoms with Gasteiger partial charge in [-0.2, -0.15) is 18.2 Å². The van der Waals surface area contributed by atoms with Gasteiger partial charge >= 0.3 is 11.9 Å². The summed E-state index contributed by atoms with van der Waals surface area (Å²) < 4.78 is 97.8. The highest BCUT2D eigenvalue weighted by molar-refractivity contribution is 7.99. The molecule has 0 radical (unpaired) electrons. The summed E-state index contributed by atoms with van der Waals surface area (Å²) in [7, 11) is -3.40. The van der Waals surface area contributed by atoms with E-state index in [-0.39, 0.29) is 52.0 Å². The summed E-state index contributed by atoms with van der Waals surface area (Å²) in [6.07, 6.45) is -4.92. The second-order valence-corrected chi connectivity index (χ2v) is 12.5. The molecule has 3 aromatic rings. The van der Waals surface area contributed by atoms with Gasteiger partial charge in [0.1, 0.15) is 17.5 Å². The van der Waals surface area contributed by atoms with Gasteiger partial charge in [-0.15, -0.1) is 11.8 Å². The Morgan fingerprint density at radius 1 is 1.11 bits per heavy atom. The summed E-state index contributed by atoms with van der Waals surface area (Å²) >= 11 is 1.05. The van der Waals surface area contributed by atoms with Crippen molar-refractivity contribution in [1.29, 1.82) is 0 Å². The summed E-state index contributed by atoms with van der Waals surface area (Å²) in [5, 5.41) is 3.17. The molecule has 3 aliphatic rings. The van der Waals surface area contributed by atoms with Crippen molar-refractivity contribution < 1.29 is 30.4 Å². The lowest BCUT2D eigenvalue weighted by Gasteiger charge is -2.39. The zero-order chi connectivity index (χ0) is 26.3. The molecule has 4 heterocycles. The van der Waals surface area contributed by atoms with Gasteiger partial charge in [0.2, 0.25) is 0 Å². The number of thioether (sulfide) groups is 1. The van der Waals surface area contributed by atoms with Crippen molar-refractivity contribution in [1.82, 2.24) is 14.9 Å². The van der Waals surface area contributed by atoms with Crippen molar-refractivity contribution >= 4 is 38.3 Å². The highest BCUT2D eigenvalue weighted by Gasteiger charge is 2.45. The van der Waals surface area contributed by atoms with E-state index < -0.39 is 62.1 Å². The van der Waals surface area contributed by atoms with E-state index >= 15 is 0 Å². The zero-order valence-corrected chi connectivity index (χ0v) is 20.6. The maximum absolute atomic E-state index is 14.8. The standard InChI is InChI=1S/C23H19F5N4O3S2/c24-11-1-2-12(15(25)7-11)18-14(23(26,27)28)8-13-19-20(18)36-6-5-32(19)22(33)30-21(13)31-4-3-29-16-9-37(34,35)10-17(16)31/h1-2,7-8,16-17,29H,3-6,9-10H2. The lowest BCUT2D eigenvalue weighted by atomic mass is 9.95. The van der Waals surface area contributed by atoms with Gasteiger partial charge in [-0.25, -0.2) is 22.0 Å². The summed E-state index contributed by atoms with van der Waals surface area (Å²) in [6, 6.07) is 2.16. The average Bonchev–Trinajstić information content (AvgIpc) is 3.14. The summed E-state index contributed by atoms with van der Waals surface area (Å²) in [5.74, 6) is -2.20. The molecule has 2 unspecified atom stereocenters. The quantitative estimate of drug-likeness (QED) is 0.484. The molecule has 2 atom stereocenters. The van der Waals surface area contributed by atoms with Gasteiger partial charge in [0.05, 0.1) is 28.6 Å². The first-order valence-corrected chi connectivity index (χ1v) is 14.2. The molecule has 0 amide bonds. The van der Waals surface area contributed by atoms with Crippen molar-refractivity contribution in [3.05, 3.63) is 51.9 Å². The second kappa shape index (κ2) is 8.40. The van der Waals surface area contributed by atoms with Crippen molar-refractivity contribution in [2.24, 2.45) is 0 Å². The van der Waals surface area contributed by atoms with E-state index in [0.29, 0.717) is 12.6 Å². The Hall–Kier alpha value is -2.71. The van der Waals surface area contributed by atoms with E-state index in [1.54, 1.807) is 4.90 Å². The number of hydrogen-bond donors (Lipinski definition) is 1. The third kappa shape index (κ3) is 4.00. The molecule has 37 heavy (non-hydrogen) atoms. The number of alkyl halides is 3. The number of benzene rings is 2. The first-order chi connectivity index (χ1) is 17.4. The van der Waals surface area contributed by atoms with Crippen LogP contribution in [0.4, 0.5) is 27.8 Å². The number of fused-ring (bicyclic) bond motifs is 1. The van der Waals surface area contributed by atoms with Gasteiger partial charge in [0.15, 0.2) is 9.84 Å². The van der Waals surface area contributed by atoms with E-state index in [2.05, 4.69) is 10.3 Å². The molecule has 1 N–H and O–H groups in total. The van der Waals surface area contributed by atoms with Gasteiger partial charge in [0, 0.05) is 58.9 Å². The molecular weight excluding hydrogens is 539 g/mol. The van der Waals surface area contributed by atoms with Crippen LogP contribution in [-0.4, -0.2) is 60.4 Å². The Morgan fingerprint density at radius 3 is 2.62 bits per heavy atom. The highest BCUT2D eigenvalue weighted by Crippen LogP contribution is 2.49. The predicted molar refractivity (Wildman–Crippen MR) is 129 cm³/mol. The first kappa shape index (κ1) is 24.6. The van der Waals surface area contributed by atoms with Gasteiger partial charge in [-0.3, -0.25) is 4.57 Å². The SMILES string of the molecule is O=c1nc(N2CCNC3CS(=O)(=O)CC32)c2cc(C(F)(F)F)c(-c3ccc(F)cc3F)c3c2n1CCS3. The number of aromatic nitrogens is 2. The van der Waals surface area contributed by atoms with E-state index in [0.717, 1.165) is 30.0 Å². The molecule has 196 valence electrons. The lowest BCUT2D eigenvalue weighted by Crippen LogP contribution is -2.58. The molecular formula is C23H19F5N4O3S2. The largest absolute Gasteiger partial charge is 0.417 e. The Morgan fingerprint density at radius 2 is 1.89 bits per heavy atom. The summed E-state index contributed by atoms with van der Waals surface area (Å²) in [4.78, 5) is 18.9. The van der Waals surface area contributed by atoms with Crippen molar-refractivity contribution in [3.63, 3.8) is 0 Å². The molecule has 0 saturated carbocycles. The molecule has 2 saturated heterocycles. The molecule has 2 aromatic carbocycles. The van der Waals surface area contributed by atoms with Gasteiger partial charge < -0.3 is 10.2 Å². The van der Waals surface area contributed by atoms with Crippen LogP contribution < -0.4 is 15.9 Å². The third-order valence-electron chi connectivity index (χ3n) is 7.02. The first-order valence-electron chi connectivity index (χ1n) is 11.4. The van der Waals surface area contributed by atoms with E-state index in [4.69, 9.17) is 0 Å². The van der Waals surface area contributed by atoms with Gasteiger partial charge in [0.25, 0.3) is 0 Å². The van der Waals surface area contributed by atoms with E-state index in [1.807, 2.05) is 0 Å². The molecule has 0 aliphatic carbocycles. The molecule has 0 bridgehead atoms. The Kier molecular flexibility index (Phi) is 5.59. The van der Waals surface area contributed by atoms with Crippen LogP contribution in [0, 0.1) is 11.6 Å².